The first-order valence-electron chi connectivity index (χ1n) is 16.9. The molecule has 1 amide bonds. The Balaban J connectivity index is 1.24. The molecule has 2 N–H and O–H groups in total. The first-order valence-corrected chi connectivity index (χ1v) is 18.6. The largest absolute Gasteiger partial charge is 0.444 e. The maximum absolute atomic E-state index is 13.6. The molecule has 1 aliphatic heterocycles. The first kappa shape index (κ1) is 37.3. The molecule has 1 aliphatic rings. The molecule has 6 rings (SSSR count). The highest BCUT2D eigenvalue weighted by atomic mass is 32.2. The van der Waals surface area contributed by atoms with Crippen LogP contribution in [0, 0.1) is 6.92 Å². The smallest absolute Gasteiger partial charge is 0.416 e. The molecule has 11 nitrogen and oxygen atoms in total. The number of carbonyl (C=O) groups is 1. The molecule has 0 saturated carbocycles. The zero-order valence-corrected chi connectivity index (χ0v) is 30.4. The van der Waals surface area contributed by atoms with Gasteiger partial charge in [-0.3, -0.25) is 4.72 Å². The summed E-state index contributed by atoms with van der Waals surface area (Å²) in [5.74, 6) is 0.132. The normalized spacial score (nSPS) is 15.2. The Labute approximate surface area is 305 Å². The van der Waals surface area contributed by atoms with E-state index < -0.39 is 33.1 Å². The van der Waals surface area contributed by atoms with E-state index in [0.29, 0.717) is 46.8 Å². The van der Waals surface area contributed by atoms with Gasteiger partial charge in [-0.2, -0.15) is 13.2 Å². The van der Waals surface area contributed by atoms with Gasteiger partial charge in [0, 0.05) is 42.3 Å². The quantitative estimate of drug-likeness (QED) is 0.152. The fraction of sp³-hybridized carbons (Fsp3) is 0.316. The van der Waals surface area contributed by atoms with Crippen LogP contribution < -0.4 is 14.8 Å². The van der Waals surface area contributed by atoms with Crippen LogP contribution in [-0.2, 0) is 26.7 Å². The van der Waals surface area contributed by atoms with E-state index in [1.54, 1.807) is 59.8 Å². The summed E-state index contributed by atoms with van der Waals surface area (Å²) in [5, 5.41) is 4.37. The average molecular weight is 749 g/mol. The molecule has 3 heterocycles. The number of carbonyl (C=O) groups excluding carboxylic acids is 1. The SMILES string of the molecule is Cc1ccc2c(NS(=O)(=O)Cc3ccccc3C(F)(F)F)cccc2c1Oc1ncccc1-c1ccnc(NC2CCCN(C(=O)OC(C)(C)C)C2)n1. The lowest BCUT2D eigenvalue weighted by atomic mass is 10.0. The van der Waals surface area contributed by atoms with E-state index in [-0.39, 0.29) is 29.3 Å². The molecule has 278 valence electrons. The molecule has 0 spiro atoms. The van der Waals surface area contributed by atoms with E-state index in [9.17, 15) is 26.4 Å². The number of anilines is 2. The lowest BCUT2D eigenvalue weighted by Gasteiger charge is -2.34. The Morgan fingerprint density at radius 1 is 0.943 bits per heavy atom. The molecule has 0 radical (unpaired) electrons. The number of rotatable bonds is 9. The number of aryl methyl sites for hydroxylation is 1. The van der Waals surface area contributed by atoms with Gasteiger partial charge in [0.15, 0.2) is 0 Å². The second kappa shape index (κ2) is 14.9. The second-order valence-corrected chi connectivity index (χ2v) is 15.5. The number of ether oxygens (including phenoxy) is 2. The lowest BCUT2D eigenvalue weighted by molar-refractivity contribution is -0.138. The number of aromatic nitrogens is 3. The molecule has 2 aromatic heterocycles. The van der Waals surface area contributed by atoms with Crippen LogP contribution in [0.5, 0.6) is 11.6 Å². The van der Waals surface area contributed by atoms with Crippen LogP contribution in [0.15, 0.2) is 85.2 Å². The predicted octanol–water partition coefficient (Wildman–Crippen LogP) is 8.56. The number of halogens is 3. The monoisotopic (exact) mass is 748 g/mol. The third kappa shape index (κ3) is 9.14. The van der Waals surface area contributed by atoms with Gasteiger partial charge < -0.3 is 19.7 Å². The summed E-state index contributed by atoms with van der Waals surface area (Å²) < 4.78 is 81.7. The number of piperidine rings is 1. The summed E-state index contributed by atoms with van der Waals surface area (Å²) in [7, 11) is -4.27. The van der Waals surface area contributed by atoms with E-state index in [0.717, 1.165) is 30.5 Å². The van der Waals surface area contributed by atoms with Crippen LogP contribution in [0.4, 0.5) is 29.6 Å². The summed E-state index contributed by atoms with van der Waals surface area (Å²) >= 11 is 0. The van der Waals surface area contributed by atoms with Crippen molar-refractivity contribution < 1.29 is 35.9 Å². The first-order chi connectivity index (χ1) is 25.1. The van der Waals surface area contributed by atoms with Crippen LogP contribution >= 0.6 is 0 Å². The number of benzene rings is 3. The molecule has 5 aromatic rings. The second-order valence-electron chi connectivity index (χ2n) is 13.8. The van der Waals surface area contributed by atoms with Crippen molar-refractivity contribution in [1.82, 2.24) is 19.9 Å². The summed E-state index contributed by atoms with van der Waals surface area (Å²) in [6.45, 7) is 8.36. The molecule has 15 heteroatoms. The van der Waals surface area contributed by atoms with E-state index >= 15 is 0 Å². The Morgan fingerprint density at radius 3 is 2.51 bits per heavy atom. The molecule has 3 aromatic carbocycles. The number of nitrogens with zero attached hydrogens (tertiary/aromatic N) is 4. The number of amides is 1. The van der Waals surface area contributed by atoms with Crippen LogP contribution in [0.2, 0.25) is 0 Å². The zero-order valence-electron chi connectivity index (χ0n) is 29.6. The highest BCUT2D eigenvalue weighted by Gasteiger charge is 2.34. The Hall–Kier alpha value is -5.44. The molecule has 0 bridgehead atoms. The van der Waals surface area contributed by atoms with Gasteiger partial charge in [-0.15, -0.1) is 0 Å². The van der Waals surface area contributed by atoms with Crippen molar-refractivity contribution >= 4 is 38.5 Å². The number of fused-ring (bicyclic) bond motifs is 1. The molecule has 1 unspecified atom stereocenters. The van der Waals surface area contributed by atoms with Crippen molar-refractivity contribution in [2.45, 2.75) is 64.1 Å². The van der Waals surface area contributed by atoms with Gasteiger partial charge >= 0.3 is 12.3 Å². The standard InChI is InChI=1S/C38H39F3N6O5S/c1-24-16-17-27-28(12-7-15-32(27)46-53(49,50)23-25-10-5-6-14-30(25)38(39,40)41)33(24)51-34-29(13-8-19-42-34)31-18-20-43-35(45-31)44-26-11-9-21-47(22-26)36(48)52-37(2,3)4/h5-8,10,12-20,26,46H,9,11,21-23H2,1-4H3,(H,43,44,45). The predicted molar refractivity (Wildman–Crippen MR) is 196 cm³/mol. The molecule has 53 heavy (non-hydrogen) atoms. The van der Waals surface area contributed by atoms with E-state index in [1.807, 2.05) is 27.7 Å². The Morgan fingerprint density at radius 2 is 1.74 bits per heavy atom. The van der Waals surface area contributed by atoms with E-state index in [2.05, 4.69) is 20.0 Å². The Bertz CT molecular complexity index is 2240. The third-order valence-electron chi connectivity index (χ3n) is 8.45. The minimum Gasteiger partial charge on any atom is -0.444 e. The van der Waals surface area contributed by atoms with Crippen molar-refractivity contribution in [3.8, 4) is 22.9 Å². The number of likely N-dealkylation sites (tertiary alicyclic amines) is 1. The van der Waals surface area contributed by atoms with Crippen LogP contribution in [0.25, 0.3) is 22.0 Å². The molecular weight excluding hydrogens is 710 g/mol. The number of pyridine rings is 1. The van der Waals surface area contributed by atoms with Crippen molar-refractivity contribution in [3.63, 3.8) is 0 Å². The minimum absolute atomic E-state index is 0.0968. The number of alkyl halides is 3. The molecule has 1 atom stereocenters. The van der Waals surface area contributed by atoms with E-state index in [1.165, 1.54) is 18.2 Å². The fourth-order valence-corrected chi connectivity index (χ4v) is 7.35. The molecule has 1 fully saturated rings. The number of sulfonamides is 1. The lowest BCUT2D eigenvalue weighted by Crippen LogP contribution is -2.47. The maximum atomic E-state index is 13.6. The third-order valence-corrected chi connectivity index (χ3v) is 9.67. The van der Waals surface area contributed by atoms with Gasteiger partial charge in [0.25, 0.3) is 0 Å². The highest BCUT2D eigenvalue weighted by molar-refractivity contribution is 7.91. The van der Waals surface area contributed by atoms with Gasteiger partial charge in [-0.1, -0.05) is 42.5 Å². The average Bonchev–Trinajstić information content (AvgIpc) is 3.09. The zero-order chi connectivity index (χ0) is 38.0. The molecular formula is C38H39F3N6O5S. The van der Waals surface area contributed by atoms with Crippen molar-refractivity contribution in [2.24, 2.45) is 0 Å². The van der Waals surface area contributed by atoms with Crippen molar-refractivity contribution in [3.05, 3.63) is 102 Å². The number of hydrogen-bond acceptors (Lipinski definition) is 9. The van der Waals surface area contributed by atoms with Gasteiger partial charge in [0.2, 0.25) is 21.9 Å². The van der Waals surface area contributed by atoms with Crippen LogP contribution in [0.3, 0.4) is 0 Å². The van der Waals surface area contributed by atoms with Gasteiger partial charge in [-0.25, -0.2) is 28.2 Å². The number of nitrogens with one attached hydrogen (secondary N) is 2. The molecule has 0 aliphatic carbocycles. The van der Waals surface area contributed by atoms with Gasteiger partial charge in [0.1, 0.15) is 11.4 Å². The van der Waals surface area contributed by atoms with Gasteiger partial charge in [-0.05, 0) is 82.0 Å². The molecule has 1 saturated heterocycles. The topological polar surface area (TPSA) is 136 Å². The highest BCUT2D eigenvalue weighted by Crippen LogP contribution is 2.39. The number of hydrogen-bond donors (Lipinski definition) is 2. The van der Waals surface area contributed by atoms with E-state index in [4.69, 9.17) is 14.5 Å². The van der Waals surface area contributed by atoms with Crippen molar-refractivity contribution in [1.29, 1.82) is 0 Å². The van der Waals surface area contributed by atoms with Crippen molar-refractivity contribution in [2.75, 3.05) is 23.1 Å². The maximum Gasteiger partial charge on any atom is 0.416 e. The summed E-state index contributed by atoms with van der Waals surface area (Å²) in [6, 6.07) is 18.2. The summed E-state index contributed by atoms with van der Waals surface area (Å²) in [5.41, 5.74) is 0.0247. The minimum atomic E-state index is -4.70. The fourth-order valence-electron chi connectivity index (χ4n) is 6.11. The Kier molecular flexibility index (Phi) is 10.5. The van der Waals surface area contributed by atoms with Crippen LogP contribution in [0.1, 0.15) is 50.3 Å². The summed E-state index contributed by atoms with van der Waals surface area (Å²) in [6.07, 6.45) is -0.278. The van der Waals surface area contributed by atoms with Gasteiger partial charge in [0.05, 0.1) is 28.3 Å². The van der Waals surface area contributed by atoms with Crippen LogP contribution in [-0.4, -0.2) is 59.1 Å². The summed E-state index contributed by atoms with van der Waals surface area (Å²) in [4.78, 5) is 28.0.